The van der Waals surface area contributed by atoms with Crippen LogP contribution in [0.2, 0.25) is 0 Å². The number of nitrogens with zero attached hydrogens (tertiary/aromatic N) is 2. The molecule has 8 heteroatoms. The van der Waals surface area contributed by atoms with Gasteiger partial charge >= 0.3 is 0 Å². The van der Waals surface area contributed by atoms with Crippen molar-refractivity contribution in [2.45, 2.75) is 17.5 Å². The highest BCUT2D eigenvalue weighted by atomic mass is 32.2. The lowest BCUT2D eigenvalue weighted by Gasteiger charge is -2.15. The number of methoxy groups -OCH3 is 1. The maximum atomic E-state index is 11.9. The van der Waals surface area contributed by atoms with Crippen molar-refractivity contribution in [3.63, 3.8) is 0 Å². The molecule has 0 amide bonds. The van der Waals surface area contributed by atoms with E-state index in [1.165, 1.54) is 19.6 Å². The second-order valence-corrected chi connectivity index (χ2v) is 5.32. The molecule has 98 valence electrons. The minimum absolute atomic E-state index is 0.0426. The van der Waals surface area contributed by atoms with Crippen LogP contribution in [-0.4, -0.2) is 49.4 Å². The highest BCUT2D eigenvalue weighted by Gasteiger charge is 2.21. The predicted octanol–water partition coefficient (Wildman–Crippen LogP) is -0.904. The second-order valence-electron chi connectivity index (χ2n) is 3.66. The van der Waals surface area contributed by atoms with Gasteiger partial charge < -0.3 is 14.4 Å². The van der Waals surface area contributed by atoms with Gasteiger partial charge in [0.25, 0.3) is 10.0 Å². The van der Waals surface area contributed by atoms with Crippen molar-refractivity contribution in [2.75, 3.05) is 20.3 Å². The van der Waals surface area contributed by atoms with Crippen LogP contribution < -0.4 is 4.72 Å². The molecule has 0 spiro atoms. The van der Waals surface area contributed by atoms with E-state index in [0.717, 1.165) is 0 Å². The van der Waals surface area contributed by atoms with Gasteiger partial charge in [-0.05, 0) is 6.42 Å². The highest BCUT2D eigenvalue weighted by molar-refractivity contribution is 7.89. The molecule has 0 aliphatic heterocycles. The van der Waals surface area contributed by atoms with Crippen molar-refractivity contribution in [1.82, 2.24) is 14.3 Å². The van der Waals surface area contributed by atoms with Crippen LogP contribution in [0.3, 0.4) is 0 Å². The molecule has 1 aromatic rings. The Morgan fingerprint density at radius 3 is 2.82 bits per heavy atom. The van der Waals surface area contributed by atoms with Gasteiger partial charge in [0.15, 0.2) is 5.03 Å². The predicted molar refractivity (Wildman–Crippen MR) is 60.9 cm³/mol. The van der Waals surface area contributed by atoms with E-state index in [9.17, 15) is 8.42 Å². The molecule has 1 aromatic heterocycles. The van der Waals surface area contributed by atoms with E-state index in [-0.39, 0.29) is 18.2 Å². The first-order chi connectivity index (χ1) is 7.99. The quantitative estimate of drug-likeness (QED) is 0.664. The first-order valence-electron chi connectivity index (χ1n) is 5.09. The molecule has 2 N–H and O–H groups in total. The van der Waals surface area contributed by atoms with E-state index >= 15 is 0 Å². The number of aromatic nitrogens is 2. The van der Waals surface area contributed by atoms with Gasteiger partial charge in [-0.1, -0.05) is 0 Å². The molecule has 0 radical (unpaired) electrons. The summed E-state index contributed by atoms with van der Waals surface area (Å²) in [5.41, 5.74) is 0. The second kappa shape index (κ2) is 6.10. The van der Waals surface area contributed by atoms with E-state index in [0.29, 0.717) is 6.42 Å². The Morgan fingerprint density at radius 1 is 1.65 bits per heavy atom. The maximum Gasteiger partial charge on any atom is 0.259 e. The van der Waals surface area contributed by atoms with Crippen molar-refractivity contribution in [2.24, 2.45) is 7.05 Å². The zero-order valence-electron chi connectivity index (χ0n) is 9.83. The monoisotopic (exact) mass is 263 g/mol. The summed E-state index contributed by atoms with van der Waals surface area (Å²) in [5, 5.41) is 8.78. The van der Waals surface area contributed by atoms with Crippen molar-refractivity contribution < 1.29 is 18.3 Å². The molecule has 1 atom stereocenters. The third kappa shape index (κ3) is 4.08. The van der Waals surface area contributed by atoms with Gasteiger partial charge in [-0.2, -0.15) is 0 Å². The van der Waals surface area contributed by atoms with E-state index in [2.05, 4.69) is 9.71 Å². The Morgan fingerprint density at radius 2 is 2.35 bits per heavy atom. The number of hydrogen-bond donors (Lipinski definition) is 2. The number of rotatable bonds is 7. The van der Waals surface area contributed by atoms with Crippen molar-refractivity contribution in [1.29, 1.82) is 0 Å². The molecule has 0 saturated carbocycles. The zero-order chi connectivity index (χ0) is 12.9. The third-order valence-corrected chi connectivity index (χ3v) is 3.53. The lowest BCUT2D eigenvalue weighted by Crippen LogP contribution is -2.38. The number of ether oxygens (including phenoxy) is 1. The number of aliphatic hydroxyl groups excluding tert-OH is 1. The molecule has 0 saturated heterocycles. The summed E-state index contributed by atoms with van der Waals surface area (Å²) < 4.78 is 32.6. The Kier molecular flexibility index (Phi) is 5.06. The first-order valence-corrected chi connectivity index (χ1v) is 6.58. The molecular formula is C9H17N3O4S. The molecule has 1 unspecified atom stereocenters. The van der Waals surface area contributed by atoms with Crippen LogP contribution in [0, 0.1) is 0 Å². The van der Waals surface area contributed by atoms with Crippen LogP contribution in [0.15, 0.2) is 17.6 Å². The topological polar surface area (TPSA) is 93.5 Å². The fraction of sp³-hybridized carbons (Fsp3) is 0.667. The summed E-state index contributed by atoms with van der Waals surface area (Å²) in [6.07, 6.45) is 3.11. The molecule has 7 nitrogen and oxygen atoms in total. The van der Waals surface area contributed by atoms with Crippen LogP contribution in [0.4, 0.5) is 0 Å². The van der Waals surface area contributed by atoms with Gasteiger partial charge in [-0.3, -0.25) is 0 Å². The zero-order valence-corrected chi connectivity index (χ0v) is 10.6. The van der Waals surface area contributed by atoms with Crippen LogP contribution in [0.25, 0.3) is 0 Å². The number of hydrogen-bond acceptors (Lipinski definition) is 5. The molecule has 0 bridgehead atoms. The summed E-state index contributed by atoms with van der Waals surface area (Å²) >= 11 is 0. The number of sulfonamides is 1. The Labute approximate surface area is 100 Å². The molecule has 1 heterocycles. The van der Waals surface area contributed by atoms with Crippen LogP contribution >= 0.6 is 0 Å². The van der Waals surface area contributed by atoms with Gasteiger partial charge in [-0.25, -0.2) is 18.1 Å². The largest absolute Gasteiger partial charge is 0.396 e. The van der Waals surface area contributed by atoms with Gasteiger partial charge in [0.2, 0.25) is 0 Å². The number of imidazole rings is 1. The number of aliphatic hydroxyl groups is 1. The van der Waals surface area contributed by atoms with Gasteiger partial charge in [0.05, 0.1) is 12.9 Å². The number of nitrogens with one attached hydrogen (secondary N) is 1. The smallest absolute Gasteiger partial charge is 0.259 e. The molecule has 1 rings (SSSR count). The molecular weight excluding hydrogens is 246 g/mol. The van der Waals surface area contributed by atoms with Crippen molar-refractivity contribution in [3.05, 3.63) is 12.5 Å². The van der Waals surface area contributed by atoms with Crippen LogP contribution in [-0.2, 0) is 21.8 Å². The first kappa shape index (κ1) is 14.1. The summed E-state index contributed by atoms with van der Waals surface area (Å²) in [4.78, 5) is 3.77. The average Bonchev–Trinajstić information content (AvgIpc) is 2.66. The summed E-state index contributed by atoms with van der Waals surface area (Å²) in [6.45, 7) is 0.0887. The molecule has 0 aromatic carbocycles. The molecule has 0 aliphatic rings. The van der Waals surface area contributed by atoms with Crippen molar-refractivity contribution in [3.8, 4) is 0 Å². The van der Waals surface area contributed by atoms with Gasteiger partial charge in [0.1, 0.15) is 0 Å². The standard InChI is InChI=1S/C9H17N3O4S/c1-12-5-9(10-7-12)17(14,15)11-8(3-4-13)6-16-2/h5,7-8,11,13H,3-4,6H2,1-2H3. The van der Waals surface area contributed by atoms with E-state index in [1.807, 2.05) is 0 Å². The van der Waals surface area contributed by atoms with E-state index in [4.69, 9.17) is 9.84 Å². The third-order valence-electron chi connectivity index (χ3n) is 2.12. The minimum atomic E-state index is -3.66. The number of aryl methyl sites for hydroxylation is 1. The summed E-state index contributed by atoms with van der Waals surface area (Å²) in [7, 11) is -0.498. The van der Waals surface area contributed by atoms with Crippen LogP contribution in [0.1, 0.15) is 6.42 Å². The fourth-order valence-corrected chi connectivity index (χ4v) is 2.58. The van der Waals surface area contributed by atoms with Gasteiger partial charge in [-0.15, -0.1) is 0 Å². The molecule has 0 fully saturated rings. The fourth-order valence-electron chi connectivity index (χ4n) is 1.34. The maximum absolute atomic E-state index is 11.9. The Hall–Kier alpha value is -0.960. The normalized spacial score (nSPS) is 13.8. The lowest BCUT2D eigenvalue weighted by molar-refractivity contribution is 0.158. The highest BCUT2D eigenvalue weighted by Crippen LogP contribution is 2.06. The minimum Gasteiger partial charge on any atom is -0.396 e. The summed E-state index contributed by atoms with van der Waals surface area (Å²) in [5.74, 6) is 0. The van der Waals surface area contributed by atoms with Crippen molar-refractivity contribution >= 4 is 10.0 Å². The molecule has 17 heavy (non-hydrogen) atoms. The van der Waals surface area contributed by atoms with Crippen LogP contribution in [0.5, 0.6) is 0 Å². The molecule has 0 aliphatic carbocycles. The Balaban J connectivity index is 2.77. The average molecular weight is 263 g/mol. The summed E-state index contributed by atoms with van der Waals surface area (Å²) in [6, 6.07) is -0.461. The van der Waals surface area contributed by atoms with E-state index in [1.54, 1.807) is 11.6 Å². The lowest BCUT2D eigenvalue weighted by atomic mass is 10.2. The van der Waals surface area contributed by atoms with Gasteiger partial charge in [0, 0.05) is 33.0 Å². The van der Waals surface area contributed by atoms with E-state index < -0.39 is 16.1 Å². The SMILES string of the molecule is COCC(CCO)NS(=O)(=O)c1cn(C)cn1. The Bertz CT molecular complexity index is 437.